The van der Waals surface area contributed by atoms with E-state index in [2.05, 4.69) is 31.0 Å². The second kappa shape index (κ2) is 6.10. The molecule has 3 atom stereocenters. The van der Waals surface area contributed by atoms with Crippen molar-refractivity contribution in [3.05, 3.63) is 0 Å². The van der Waals surface area contributed by atoms with Gasteiger partial charge in [0.2, 0.25) is 0 Å². The predicted octanol–water partition coefficient (Wildman–Crippen LogP) is 2.33. The molecule has 98 valence electrons. The average molecular weight is 255 g/mol. The van der Waals surface area contributed by atoms with Crippen molar-refractivity contribution in [2.45, 2.75) is 57.4 Å². The van der Waals surface area contributed by atoms with Gasteiger partial charge in [-0.2, -0.15) is 0 Å². The van der Waals surface area contributed by atoms with E-state index in [1.165, 1.54) is 37.5 Å². The van der Waals surface area contributed by atoms with Crippen molar-refractivity contribution in [3.8, 4) is 0 Å². The van der Waals surface area contributed by atoms with Crippen LogP contribution in [0.4, 0.5) is 0 Å². The molecule has 0 saturated carbocycles. The number of nitrogens with one attached hydrogen (secondary N) is 1. The summed E-state index contributed by atoms with van der Waals surface area (Å²) in [5.41, 5.74) is 0. The molecule has 2 fully saturated rings. The number of hydrogen-bond donors (Lipinski definition) is 1. The molecule has 1 N–H and O–H groups in total. The number of likely N-dealkylation sites (tertiary alicyclic amines) is 1. The van der Waals surface area contributed by atoms with Crippen LogP contribution >= 0.6 is 11.8 Å². The van der Waals surface area contributed by atoms with Crippen LogP contribution in [-0.4, -0.2) is 47.0 Å². The molecule has 3 unspecified atom stereocenters. The van der Waals surface area contributed by atoms with Crippen LogP contribution in [0.5, 0.6) is 0 Å². The maximum absolute atomic E-state index is 4.79. The number of likely N-dealkylation sites (N-methyl/N-ethyl adjacent to an activating group) is 1. The zero-order valence-corrected chi connectivity index (χ0v) is 12.1. The Labute approximate surface area is 109 Å². The van der Waals surface area contributed by atoms with Gasteiger partial charge in [0.05, 0.1) is 6.54 Å². The Kier molecular flexibility index (Phi) is 4.74. The van der Waals surface area contributed by atoms with Crippen LogP contribution in [0.15, 0.2) is 4.99 Å². The van der Waals surface area contributed by atoms with E-state index in [1.54, 1.807) is 0 Å². The molecule has 17 heavy (non-hydrogen) atoms. The predicted molar refractivity (Wildman–Crippen MR) is 76.8 cm³/mol. The second-order valence-electron chi connectivity index (χ2n) is 5.28. The van der Waals surface area contributed by atoms with Crippen molar-refractivity contribution < 1.29 is 0 Å². The normalized spacial score (nSPS) is 37.4. The van der Waals surface area contributed by atoms with Gasteiger partial charge in [-0.15, -0.1) is 0 Å². The summed E-state index contributed by atoms with van der Waals surface area (Å²) >= 11 is 1.90. The van der Waals surface area contributed by atoms with Crippen molar-refractivity contribution in [1.82, 2.24) is 10.2 Å². The van der Waals surface area contributed by atoms with Gasteiger partial charge in [-0.1, -0.05) is 25.6 Å². The van der Waals surface area contributed by atoms with Gasteiger partial charge in [0.25, 0.3) is 0 Å². The fourth-order valence-electron chi connectivity index (χ4n) is 2.83. The van der Waals surface area contributed by atoms with Crippen LogP contribution in [0, 0.1) is 0 Å². The molecule has 0 aromatic heterocycles. The van der Waals surface area contributed by atoms with Gasteiger partial charge in [0.15, 0.2) is 5.17 Å². The highest BCUT2D eigenvalue weighted by Gasteiger charge is 2.24. The van der Waals surface area contributed by atoms with Crippen molar-refractivity contribution in [2.24, 2.45) is 4.99 Å². The SMILES string of the molecule is CCN1CCCC1CN=C1NC(C)CC(C)S1. The summed E-state index contributed by atoms with van der Waals surface area (Å²) in [6.45, 7) is 10.2. The van der Waals surface area contributed by atoms with E-state index in [0.29, 0.717) is 17.3 Å². The lowest BCUT2D eigenvalue weighted by molar-refractivity contribution is 0.273. The molecular formula is C13H25N3S. The lowest BCUT2D eigenvalue weighted by Gasteiger charge is -2.28. The monoisotopic (exact) mass is 255 g/mol. The van der Waals surface area contributed by atoms with E-state index in [9.17, 15) is 0 Å². The summed E-state index contributed by atoms with van der Waals surface area (Å²) in [6, 6.07) is 1.26. The zero-order chi connectivity index (χ0) is 12.3. The molecule has 2 saturated heterocycles. The molecule has 0 bridgehead atoms. The Morgan fingerprint density at radius 3 is 3.00 bits per heavy atom. The molecule has 0 amide bonds. The molecule has 0 aromatic carbocycles. The van der Waals surface area contributed by atoms with E-state index in [1.807, 2.05) is 11.8 Å². The summed E-state index contributed by atoms with van der Waals surface area (Å²) < 4.78 is 0. The minimum absolute atomic E-state index is 0.579. The topological polar surface area (TPSA) is 27.6 Å². The fraction of sp³-hybridized carbons (Fsp3) is 0.923. The molecule has 4 heteroatoms. The third-order valence-electron chi connectivity index (χ3n) is 3.72. The Hall–Kier alpha value is -0.220. The number of thioether (sulfide) groups is 1. The van der Waals surface area contributed by atoms with E-state index < -0.39 is 0 Å². The zero-order valence-electron chi connectivity index (χ0n) is 11.3. The van der Waals surface area contributed by atoms with Crippen LogP contribution in [0.2, 0.25) is 0 Å². The molecule has 2 heterocycles. The molecule has 2 aliphatic rings. The van der Waals surface area contributed by atoms with Crippen molar-refractivity contribution >= 4 is 16.9 Å². The molecule has 0 spiro atoms. The minimum Gasteiger partial charge on any atom is -0.362 e. The maximum atomic E-state index is 4.79. The molecule has 3 nitrogen and oxygen atoms in total. The molecule has 0 aliphatic carbocycles. The Morgan fingerprint density at radius 1 is 1.47 bits per heavy atom. The van der Waals surface area contributed by atoms with Gasteiger partial charge in [-0.3, -0.25) is 9.89 Å². The van der Waals surface area contributed by atoms with Gasteiger partial charge in [-0.05, 0) is 39.3 Å². The van der Waals surface area contributed by atoms with Crippen molar-refractivity contribution in [2.75, 3.05) is 19.6 Å². The first kappa shape index (κ1) is 13.2. The Bertz CT molecular complexity index is 268. The van der Waals surface area contributed by atoms with Gasteiger partial charge in [0.1, 0.15) is 0 Å². The van der Waals surface area contributed by atoms with Gasteiger partial charge in [-0.25, -0.2) is 0 Å². The lowest BCUT2D eigenvalue weighted by atomic mass is 10.2. The van der Waals surface area contributed by atoms with Crippen LogP contribution in [-0.2, 0) is 0 Å². The lowest BCUT2D eigenvalue weighted by Crippen LogP contribution is -2.39. The summed E-state index contributed by atoms with van der Waals surface area (Å²) in [7, 11) is 0. The average Bonchev–Trinajstić information content (AvgIpc) is 2.72. The largest absolute Gasteiger partial charge is 0.362 e. The summed E-state index contributed by atoms with van der Waals surface area (Å²) in [6.07, 6.45) is 3.91. The molecule has 2 rings (SSSR count). The first-order valence-corrected chi connectivity index (χ1v) is 7.78. The van der Waals surface area contributed by atoms with E-state index in [-0.39, 0.29) is 0 Å². The van der Waals surface area contributed by atoms with Crippen molar-refractivity contribution in [1.29, 1.82) is 0 Å². The standard InChI is InChI=1S/C13H25N3S/c1-4-16-7-5-6-12(16)9-14-13-15-10(2)8-11(3)17-13/h10-12H,4-9H2,1-3H3,(H,14,15). The fourth-order valence-corrected chi connectivity index (χ4v) is 4.01. The molecular weight excluding hydrogens is 230 g/mol. The minimum atomic E-state index is 0.579. The number of amidine groups is 1. The smallest absolute Gasteiger partial charge is 0.157 e. The molecule has 0 radical (unpaired) electrons. The van der Waals surface area contributed by atoms with Crippen LogP contribution in [0.1, 0.15) is 40.0 Å². The first-order valence-electron chi connectivity index (χ1n) is 6.90. The van der Waals surface area contributed by atoms with Gasteiger partial charge in [0, 0.05) is 17.3 Å². The van der Waals surface area contributed by atoms with Crippen LogP contribution in [0.3, 0.4) is 0 Å². The third kappa shape index (κ3) is 3.62. The van der Waals surface area contributed by atoms with Crippen LogP contribution in [0.25, 0.3) is 0 Å². The first-order chi connectivity index (χ1) is 8.19. The third-order valence-corrected chi connectivity index (χ3v) is 4.78. The molecule has 2 aliphatic heterocycles. The highest BCUT2D eigenvalue weighted by Crippen LogP contribution is 2.23. The number of nitrogens with zero attached hydrogens (tertiary/aromatic N) is 2. The maximum Gasteiger partial charge on any atom is 0.157 e. The van der Waals surface area contributed by atoms with Crippen molar-refractivity contribution in [3.63, 3.8) is 0 Å². The van der Waals surface area contributed by atoms with E-state index in [4.69, 9.17) is 4.99 Å². The number of rotatable bonds is 3. The van der Waals surface area contributed by atoms with Gasteiger partial charge >= 0.3 is 0 Å². The summed E-state index contributed by atoms with van der Waals surface area (Å²) in [5.74, 6) is 0. The number of aliphatic imine (C=N–C) groups is 1. The molecule has 0 aromatic rings. The highest BCUT2D eigenvalue weighted by atomic mass is 32.2. The Balaban J connectivity index is 1.86. The summed E-state index contributed by atoms with van der Waals surface area (Å²) in [4.78, 5) is 7.35. The Morgan fingerprint density at radius 2 is 2.29 bits per heavy atom. The highest BCUT2D eigenvalue weighted by molar-refractivity contribution is 8.14. The second-order valence-corrected chi connectivity index (χ2v) is 6.71. The van der Waals surface area contributed by atoms with Crippen LogP contribution < -0.4 is 5.32 Å². The quantitative estimate of drug-likeness (QED) is 0.839. The number of hydrogen-bond acceptors (Lipinski definition) is 3. The summed E-state index contributed by atoms with van der Waals surface area (Å²) in [5, 5.41) is 5.37. The van der Waals surface area contributed by atoms with E-state index >= 15 is 0 Å². The van der Waals surface area contributed by atoms with Gasteiger partial charge < -0.3 is 5.32 Å². The van der Waals surface area contributed by atoms with E-state index in [0.717, 1.165) is 6.54 Å².